The smallest absolute Gasteiger partial charge is 0.00686 e. The lowest BCUT2D eigenvalue weighted by atomic mass is 10.1. The molecule has 15 heavy (non-hydrogen) atoms. The van der Waals surface area contributed by atoms with Crippen molar-refractivity contribution in [2.24, 2.45) is 5.73 Å². The van der Waals surface area contributed by atoms with Gasteiger partial charge in [0.05, 0.1) is 0 Å². The van der Waals surface area contributed by atoms with E-state index in [2.05, 4.69) is 38.3 Å². The van der Waals surface area contributed by atoms with Crippen LogP contribution >= 0.6 is 0 Å². The summed E-state index contributed by atoms with van der Waals surface area (Å²) in [7, 11) is 0. The summed E-state index contributed by atoms with van der Waals surface area (Å²) >= 11 is 0. The first-order chi connectivity index (χ1) is 6.83. The first-order valence-corrected chi connectivity index (χ1v) is 6.03. The SMILES string of the molecule is CC(C)(C)N.CCNCC.CCNCC. The van der Waals surface area contributed by atoms with Crippen molar-refractivity contribution in [2.75, 3.05) is 26.2 Å². The lowest BCUT2D eigenvalue weighted by Crippen LogP contribution is -2.26. The van der Waals surface area contributed by atoms with Crippen LogP contribution in [0.25, 0.3) is 0 Å². The van der Waals surface area contributed by atoms with E-state index in [1.165, 1.54) is 0 Å². The van der Waals surface area contributed by atoms with Gasteiger partial charge in [-0.15, -0.1) is 0 Å². The lowest BCUT2D eigenvalue weighted by molar-refractivity contribution is 0.580. The van der Waals surface area contributed by atoms with Crippen molar-refractivity contribution in [3.8, 4) is 0 Å². The second-order valence-corrected chi connectivity index (χ2v) is 4.28. The zero-order valence-electron chi connectivity index (χ0n) is 11.9. The van der Waals surface area contributed by atoms with Crippen LogP contribution in [-0.2, 0) is 0 Å². The maximum atomic E-state index is 5.35. The average Bonchev–Trinajstić information content (AvgIpc) is 2.05. The third kappa shape index (κ3) is 130. The molecule has 0 spiro atoms. The van der Waals surface area contributed by atoms with Gasteiger partial charge in [-0.2, -0.15) is 0 Å². The molecule has 0 aliphatic rings. The van der Waals surface area contributed by atoms with Gasteiger partial charge in [0.2, 0.25) is 0 Å². The summed E-state index contributed by atoms with van der Waals surface area (Å²) in [6.07, 6.45) is 0. The van der Waals surface area contributed by atoms with Gasteiger partial charge in [-0.3, -0.25) is 0 Å². The minimum Gasteiger partial charge on any atom is -0.326 e. The van der Waals surface area contributed by atoms with Crippen molar-refractivity contribution in [1.82, 2.24) is 10.6 Å². The van der Waals surface area contributed by atoms with Gasteiger partial charge in [-0.25, -0.2) is 0 Å². The summed E-state index contributed by atoms with van der Waals surface area (Å²) < 4.78 is 0. The maximum absolute atomic E-state index is 5.35. The normalized spacial score (nSPS) is 9.60. The molecular weight excluding hydrogens is 186 g/mol. The van der Waals surface area contributed by atoms with Crippen molar-refractivity contribution in [3.05, 3.63) is 0 Å². The number of hydrogen-bond acceptors (Lipinski definition) is 3. The molecule has 0 rings (SSSR count). The van der Waals surface area contributed by atoms with Crippen molar-refractivity contribution in [2.45, 2.75) is 54.0 Å². The van der Waals surface area contributed by atoms with Crippen LogP contribution in [-0.4, -0.2) is 31.7 Å². The van der Waals surface area contributed by atoms with Crippen LogP contribution in [0.5, 0.6) is 0 Å². The molecule has 0 aromatic rings. The summed E-state index contributed by atoms with van der Waals surface area (Å²) in [6.45, 7) is 18.7. The van der Waals surface area contributed by atoms with E-state index < -0.39 is 0 Å². The largest absolute Gasteiger partial charge is 0.326 e. The third-order valence-corrected chi connectivity index (χ3v) is 1.000. The number of nitrogens with two attached hydrogens (primary N) is 1. The second-order valence-electron chi connectivity index (χ2n) is 4.28. The Bertz CT molecular complexity index is 71.4. The molecule has 0 aliphatic heterocycles. The molecule has 0 saturated heterocycles. The van der Waals surface area contributed by atoms with Gasteiger partial charge < -0.3 is 16.4 Å². The second kappa shape index (κ2) is 16.3. The Morgan fingerprint density at radius 2 is 0.867 bits per heavy atom. The standard InChI is InChI=1S/3C4H11N/c1-4(2,3)5;2*1-3-5-4-2/h5H2,1-3H3;2*5H,3-4H2,1-2H3. The van der Waals surface area contributed by atoms with Gasteiger partial charge in [0.1, 0.15) is 0 Å². The molecule has 0 radical (unpaired) electrons. The molecule has 3 heteroatoms. The highest BCUT2D eigenvalue weighted by atomic mass is 14.8. The Hall–Kier alpha value is -0.120. The van der Waals surface area contributed by atoms with E-state index >= 15 is 0 Å². The Balaban J connectivity index is -0.000000144. The van der Waals surface area contributed by atoms with Crippen LogP contribution in [0.15, 0.2) is 0 Å². The number of hydrogen-bond donors (Lipinski definition) is 3. The van der Waals surface area contributed by atoms with Gasteiger partial charge in [0, 0.05) is 5.54 Å². The van der Waals surface area contributed by atoms with Crippen LogP contribution < -0.4 is 16.4 Å². The van der Waals surface area contributed by atoms with Gasteiger partial charge in [0.25, 0.3) is 0 Å². The van der Waals surface area contributed by atoms with E-state index in [9.17, 15) is 0 Å². The average molecular weight is 219 g/mol. The Labute approximate surface area is 97.2 Å². The maximum Gasteiger partial charge on any atom is 0.00686 e. The fourth-order valence-corrected chi connectivity index (χ4v) is 0.500. The molecule has 0 heterocycles. The molecule has 3 nitrogen and oxygen atoms in total. The summed E-state index contributed by atoms with van der Waals surface area (Å²) in [5.74, 6) is 0. The van der Waals surface area contributed by atoms with Crippen LogP contribution in [0.4, 0.5) is 0 Å². The molecule has 0 saturated carbocycles. The first-order valence-electron chi connectivity index (χ1n) is 6.03. The van der Waals surface area contributed by atoms with Crippen molar-refractivity contribution >= 4 is 0 Å². The predicted octanol–water partition coefficient (Wildman–Crippen LogP) is 1.98. The molecular formula is C12H33N3. The Morgan fingerprint density at radius 3 is 0.867 bits per heavy atom. The summed E-state index contributed by atoms with van der Waals surface area (Å²) in [4.78, 5) is 0. The molecule has 0 aromatic heterocycles. The fraction of sp³-hybridized carbons (Fsp3) is 1.00. The van der Waals surface area contributed by atoms with Gasteiger partial charge in [0.15, 0.2) is 0 Å². The van der Waals surface area contributed by atoms with Crippen LogP contribution in [0.1, 0.15) is 48.5 Å². The van der Waals surface area contributed by atoms with Crippen LogP contribution in [0.2, 0.25) is 0 Å². The fourth-order valence-electron chi connectivity index (χ4n) is 0.500. The predicted molar refractivity (Wildman–Crippen MR) is 72.4 cm³/mol. The van der Waals surface area contributed by atoms with Gasteiger partial charge in [-0.1, -0.05) is 27.7 Å². The number of nitrogens with one attached hydrogen (secondary N) is 2. The highest BCUT2D eigenvalue weighted by molar-refractivity contribution is 4.60. The number of rotatable bonds is 4. The zero-order valence-corrected chi connectivity index (χ0v) is 11.9. The summed E-state index contributed by atoms with van der Waals surface area (Å²) in [5, 5.41) is 6.22. The molecule has 0 aromatic carbocycles. The molecule has 0 atom stereocenters. The lowest BCUT2D eigenvalue weighted by Gasteiger charge is -2.06. The van der Waals surface area contributed by atoms with E-state index in [-0.39, 0.29) is 5.54 Å². The molecule has 0 amide bonds. The Kier molecular flexibility index (Phi) is 22.1. The quantitative estimate of drug-likeness (QED) is 0.677. The van der Waals surface area contributed by atoms with Gasteiger partial charge >= 0.3 is 0 Å². The molecule has 96 valence electrons. The monoisotopic (exact) mass is 219 g/mol. The van der Waals surface area contributed by atoms with Gasteiger partial charge in [-0.05, 0) is 47.0 Å². The van der Waals surface area contributed by atoms with E-state index in [4.69, 9.17) is 5.73 Å². The molecule has 4 N–H and O–H groups in total. The highest BCUT2D eigenvalue weighted by Gasteiger charge is 1.95. The van der Waals surface area contributed by atoms with E-state index in [1.54, 1.807) is 0 Å². The minimum absolute atomic E-state index is 0. The van der Waals surface area contributed by atoms with E-state index in [1.807, 2.05) is 20.8 Å². The third-order valence-electron chi connectivity index (χ3n) is 1.000. The van der Waals surface area contributed by atoms with E-state index in [0.29, 0.717) is 0 Å². The topological polar surface area (TPSA) is 50.1 Å². The molecule has 0 unspecified atom stereocenters. The highest BCUT2D eigenvalue weighted by Crippen LogP contribution is 1.88. The minimum atomic E-state index is 0. The van der Waals surface area contributed by atoms with Crippen molar-refractivity contribution in [3.63, 3.8) is 0 Å². The molecule has 0 fully saturated rings. The molecule has 0 bridgehead atoms. The first kappa shape index (κ1) is 20.3. The summed E-state index contributed by atoms with van der Waals surface area (Å²) in [6, 6.07) is 0. The zero-order chi connectivity index (χ0) is 12.7. The molecule has 0 aliphatic carbocycles. The van der Waals surface area contributed by atoms with Crippen molar-refractivity contribution < 1.29 is 0 Å². The Morgan fingerprint density at radius 1 is 0.733 bits per heavy atom. The summed E-state index contributed by atoms with van der Waals surface area (Å²) in [5.41, 5.74) is 5.35. The van der Waals surface area contributed by atoms with Crippen LogP contribution in [0, 0.1) is 0 Å². The van der Waals surface area contributed by atoms with Crippen LogP contribution in [0.3, 0.4) is 0 Å². The van der Waals surface area contributed by atoms with Crippen molar-refractivity contribution in [1.29, 1.82) is 0 Å². The van der Waals surface area contributed by atoms with E-state index in [0.717, 1.165) is 26.2 Å².